The summed E-state index contributed by atoms with van der Waals surface area (Å²) < 4.78 is 42.9. The van der Waals surface area contributed by atoms with E-state index in [0.717, 1.165) is 35.4 Å². The second kappa shape index (κ2) is 10.6. The third kappa shape index (κ3) is 7.63. The van der Waals surface area contributed by atoms with Gasteiger partial charge in [-0.25, -0.2) is 9.98 Å². The molecule has 0 saturated heterocycles. The van der Waals surface area contributed by atoms with Gasteiger partial charge in [0.2, 0.25) is 0 Å². The summed E-state index contributed by atoms with van der Waals surface area (Å²) in [6.07, 6.45) is -1.20. The molecular weight excluding hydrogens is 468 g/mol. The smallest absolute Gasteiger partial charge is 0.434 e. The van der Waals surface area contributed by atoms with Crippen LogP contribution in [0.4, 0.5) is 13.2 Å². The first-order chi connectivity index (χ1) is 11.5. The molecule has 0 atom stereocenters. The summed E-state index contributed by atoms with van der Waals surface area (Å²) in [5.74, 6) is 1.40. The van der Waals surface area contributed by atoms with E-state index in [1.165, 1.54) is 0 Å². The molecule has 2 rings (SSSR count). The van der Waals surface area contributed by atoms with Crippen LogP contribution >= 0.6 is 35.3 Å². The van der Waals surface area contributed by atoms with Crippen LogP contribution in [0.3, 0.4) is 0 Å². The van der Waals surface area contributed by atoms with Crippen LogP contribution in [-0.2, 0) is 19.1 Å². The molecule has 0 spiro atoms. The Morgan fingerprint density at radius 2 is 2.08 bits per heavy atom. The van der Waals surface area contributed by atoms with Gasteiger partial charge in [-0.05, 0) is 18.6 Å². The van der Waals surface area contributed by atoms with Crippen molar-refractivity contribution >= 4 is 41.3 Å². The fourth-order valence-electron chi connectivity index (χ4n) is 1.84. The van der Waals surface area contributed by atoms with E-state index < -0.39 is 11.9 Å². The number of furan rings is 1. The van der Waals surface area contributed by atoms with Crippen molar-refractivity contribution in [3.05, 3.63) is 40.2 Å². The summed E-state index contributed by atoms with van der Waals surface area (Å²) in [5.41, 5.74) is -0.869. The maximum absolute atomic E-state index is 12.5. The zero-order chi connectivity index (χ0) is 17.4. The monoisotopic (exact) mass is 488 g/mol. The fourth-order valence-corrected chi connectivity index (χ4v) is 2.56. The predicted octanol–water partition coefficient (Wildman–Crippen LogP) is 4.06. The molecule has 0 aliphatic rings. The van der Waals surface area contributed by atoms with Crippen molar-refractivity contribution in [3.8, 4) is 0 Å². The lowest BCUT2D eigenvalue weighted by atomic mass is 10.3. The number of nitrogens with zero attached hydrogens (tertiary/aromatic N) is 2. The van der Waals surface area contributed by atoms with Gasteiger partial charge in [0.25, 0.3) is 0 Å². The van der Waals surface area contributed by atoms with Gasteiger partial charge in [0.05, 0.1) is 12.8 Å². The van der Waals surface area contributed by atoms with E-state index in [4.69, 9.17) is 4.42 Å². The Hall–Kier alpha value is -1.30. The van der Waals surface area contributed by atoms with E-state index in [-0.39, 0.29) is 30.5 Å². The number of aromatic nitrogens is 1. The Balaban J connectivity index is 0.00000312. The Kier molecular flexibility index (Phi) is 9.25. The summed E-state index contributed by atoms with van der Waals surface area (Å²) in [7, 11) is 0. The Bertz CT molecular complexity index is 643. The van der Waals surface area contributed by atoms with Gasteiger partial charge in [0.15, 0.2) is 11.7 Å². The van der Waals surface area contributed by atoms with E-state index >= 15 is 0 Å². The standard InChI is InChI=1S/C15H19F3N4OS.HI/c1-2-6-19-14(20-7-5-11-4-3-8-23-11)21-9-13-22-12(10-24-13)15(16,17)18;/h3-4,8,10H,2,5-7,9H2,1H3,(H2,19,20,21);1H. The van der Waals surface area contributed by atoms with Crippen molar-refractivity contribution in [2.75, 3.05) is 13.1 Å². The minimum absolute atomic E-state index is 0. The number of hydrogen-bond donors (Lipinski definition) is 2. The molecular formula is C15H20F3IN4OS. The highest BCUT2D eigenvalue weighted by atomic mass is 127. The number of rotatable bonds is 7. The number of thiazole rings is 1. The molecule has 2 aromatic rings. The lowest BCUT2D eigenvalue weighted by molar-refractivity contribution is -0.140. The third-order valence-corrected chi connectivity index (χ3v) is 3.83. The molecule has 0 aliphatic heterocycles. The zero-order valence-electron chi connectivity index (χ0n) is 13.6. The van der Waals surface area contributed by atoms with Crippen molar-refractivity contribution < 1.29 is 17.6 Å². The van der Waals surface area contributed by atoms with E-state index in [1.54, 1.807) is 6.26 Å². The number of halogens is 4. The van der Waals surface area contributed by atoms with Crippen LogP contribution < -0.4 is 10.6 Å². The van der Waals surface area contributed by atoms with Crippen molar-refractivity contribution in [3.63, 3.8) is 0 Å². The quantitative estimate of drug-likeness (QED) is 0.351. The van der Waals surface area contributed by atoms with Gasteiger partial charge in [0, 0.05) is 24.9 Å². The minimum atomic E-state index is -4.41. The minimum Gasteiger partial charge on any atom is -0.469 e. The van der Waals surface area contributed by atoms with E-state index in [0.29, 0.717) is 23.9 Å². The summed E-state index contributed by atoms with van der Waals surface area (Å²) in [5, 5.41) is 7.59. The zero-order valence-corrected chi connectivity index (χ0v) is 16.7. The third-order valence-electron chi connectivity index (χ3n) is 3.00. The van der Waals surface area contributed by atoms with E-state index in [1.807, 2.05) is 19.1 Å². The van der Waals surface area contributed by atoms with Crippen LogP contribution in [-0.4, -0.2) is 24.0 Å². The lowest BCUT2D eigenvalue weighted by Crippen LogP contribution is -2.38. The number of nitrogens with one attached hydrogen (secondary N) is 2. The molecule has 2 heterocycles. The highest BCUT2D eigenvalue weighted by Crippen LogP contribution is 2.30. The maximum Gasteiger partial charge on any atom is 0.434 e. The first-order valence-corrected chi connectivity index (χ1v) is 8.43. The lowest BCUT2D eigenvalue weighted by Gasteiger charge is -2.11. The van der Waals surface area contributed by atoms with Crippen LogP contribution in [0.25, 0.3) is 0 Å². The van der Waals surface area contributed by atoms with Crippen molar-refractivity contribution in [2.45, 2.75) is 32.5 Å². The van der Waals surface area contributed by atoms with Crippen molar-refractivity contribution in [1.29, 1.82) is 0 Å². The summed E-state index contributed by atoms with van der Waals surface area (Å²) in [4.78, 5) is 7.86. The van der Waals surface area contributed by atoms with Gasteiger partial charge in [0.1, 0.15) is 10.8 Å². The first-order valence-electron chi connectivity index (χ1n) is 7.55. The van der Waals surface area contributed by atoms with Gasteiger partial charge in [-0.2, -0.15) is 13.2 Å². The van der Waals surface area contributed by atoms with Crippen molar-refractivity contribution in [2.24, 2.45) is 4.99 Å². The van der Waals surface area contributed by atoms with Gasteiger partial charge in [-0.3, -0.25) is 0 Å². The van der Waals surface area contributed by atoms with Gasteiger partial charge in [-0.15, -0.1) is 35.3 Å². The molecule has 0 aromatic carbocycles. The predicted molar refractivity (Wildman–Crippen MR) is 102 cm³/mol. The number of alkyl halides is 3. The van der Waals surface area contributed by atoms with Gasteiger partial charge in [-0.1, -0.05) is 6.92 Å². The Labute approximate surface area is 165 Å². The molecule has 0 amide bonds. The molecule has 0 bridgehead atoms. The number of hydrogen-bond acceptors (Lipinski definition) is 4. The average molecular weight is 488 g/mol. The largest absolute Gasteiger partial charge is 0.469 e. The van der Waals surface area contributed by atoms with Crippen LogP contribution in [0.5, 0.6) is 0 Å². The summed E-state index contributed by atoms with van der Waals surface area (Å²) >= 11 is 0.955. The maximum atomic E-state index is 12.5. The van der Waals surface area contributed by atoms with Gasteiger partial charge < -0.3 is 15.1 Å². The molecule has 5 nitrogen and oxygen atoms in total. The first kappa shape index (κ1) is 21.7. The van der Waals surface area contributed by atoms with Crippen LogP contribution in [0.2, 0.25) is 0 Å². The molecule has 0 radical (unpaired) electrons. The second-order valence-corrected chi connectivity index (χ2v) is 5.91. The molecule has 25 heavy (non-hydrogen) atoms. The van der Waals surface area contributed by atoms with E-state index in [9.17, 15) is 13.2 Å². The van der Waals surface area contributed by atoms with Gasteiger partial charge >= 0.3 is 6.18 Å². The average Bonchev–Trinajstić information content (AvgIpc) is 3.20. The molecule has 2 N–H and O–H groups in total. The number of guanidine groups is 1. The molecule has 2 aromatic heterocycles. The molecule has 10 heteroatoms. The molecule has 0 saturated carbocycles. The highest BCUT2D eigenvalue weighted by molar-refractivity contribution is 14.0. The molecule has 0 fully saturated rings. The topological polar surface area (TPSA) is 62.5 Å². The number of aliphatic imine (C=N–C) groups is 1. The summed E-state index contributed by atoms with van der Waals surface area (Å²) in [6.45, 7) is 3.44. The highest BCUT2D eigenvalue weighted by Gasteiger charge is 2.33. The SMILES string of the molecule is CCCNC(=NCc1nc(C(F)(F)F)cs1)NCCc1ccco1.I. The van der Waals surface area contributed by atoms with Crippen molar-refractivity contribution in [1.82, 2.24) is 15.6 Å². The van der Waals surface area contributed by atoms with Crippen LogP contribution in [0.1, 0.15) is 29.8 Å². The normalized spacial score (nSPS) is 11.9. The van der Waals surface area contributed by atoms with Crippen LogP contribution in [0, 0.1) is 0 Å². The Morgan fingerprint density at radius 1 is 1.32 bits per heavy atom. The molecule has 0 aliphatic carbocycles. The molecule has 0 unspecified atom stereocenters. The van der Waals surface area contributed by atoms with E-state index in [2.05, 4.69) is 20.6 Å². The second-order valence-electron chi connectivity index (χ2n) is 4.97. The molecule has 140 valence electrons. The van der Waals surface area contributed by atoms with Crippen LogP contribution in [0.15, 0.2) is 33.2 Å². The summed E-state index contributed by atoms with van der Waals surface area (Å²) in [6, 6.07) is 3.70. The fraction of sp³-hybridized carbons (Fsp3) is 0.467. The Morgan fingerprint density at radius 3 is 2.68 bits per heavy atom.